The minimum absolute atomic E-state index is 0.267. The second-order valence-electron chi connectivity index (χ2n) is 5.48. The molecule has 102 valence electrons. The van der Waals surface area contributed by atoms with Crippen LogP contribution in [0.5, 0.6) is 0 Å². The second-order valence-corrected chi connectivity index (χ2v) is 5.48. The standard InChI is InChI=1S/C14H19N3O2/c1-10-2-4-11(5-3-10)17-8-6-14(7-9-17)12(18)15-13(19)16-14/h2-5,12,18H,6-9H2,1H3,(H2,15,16,19). The second kappa shape index (κ2) is 4.42. The number of urea groups is 1. The first-order valence-corrected chi connectivity index (χ1v) is 6.67. The van der Waals surface area contributed by atoms with Gasteiger partial charge in [0.1, 0.15) is 0 Å². The van der Waals surface area contributed by atoms with Gasteiger partial charge in [-0.1, -0.05) is 17.7 Å². The Hall–Kier alpha value is -1.75. The van der Waals surface area contributed by atoms with Crippen molar-refractivity contribution < 1.29 is 9.90 Å². The van der Waals surface area contributed by atoms with Crippen LogP contribution >= 0.6 is 0 Å². The van der Waals surface area contributed by atoms with E-state index in [1.165, 1.54) is 11.3 Å². The Kier molecular flexibility index (Phi) is 2.86. The van der Waals surface area contributed by atoms with Crippen molar-refractivity contribution in [1.29, 1.82) is 0 Å². The number of anilines is 1. The van der Waals surface area contributed by atoms with Crippen molar-refractivity contribution in [3.63, 3.8) is 0 Å². The Morgan fingerprint density at radius 2 is 1.89 bits per heavy atom. The number of nitrogens with one attached hydrogen (secondary N) is 2. The fourth-order valence-corrected chi connectivity index (χ4v) is 2.91. The number of carbonyl (C=O) groups is 1. The van der Waals surface area contributed by atoms with E-state index in [2.05, 4.69) is 46.7 Å². The summed E-state index contributed by atoms with van der Waals surface area (Å²) in [6, 6.07) is 8.18. The molecule has 0 radical (unpaired) electrons. The Bertz CT molecular complexity index is 478. The molecule has 2 aliphatic rings. The molecule has 1 atom stereocenters. The average molecular weight is 261 g/mol. The molecular formula is C14H19N3O2. The van der Waals surface area contributed by atoms with E-state index in [-0.39, 0.29) is 6.03 Å². The van der Waals surface area contributed by atoms with Crippen molar-refractivity contribution in [3.8, 4) is 0 Å². The summed E-state index contributed by atoms with van der Waals surface area (Å²) in [6.07, 6.45) is 0.724. The average Bonchev–Trinajstić information content (AvgIpc) is 2.66. The number of benzene rings is 1. The van der Waals surface area contributed by atoms with Crippen molar-refractivity contribution in [2.75, 3.05) is 18.0 Å². The van der Waals surface area contributed by atoms with Crippen LogP contribution in [0, 0.1) is 6.92 Å². The van der Waals surface area contributed by atoms with Gasteiger partial charge in [0, 0.05) is 18.8 Å². The van der Waals surface area contributed by atoms with Gasteiger partial charge < -0.3 is 20.6 Å². The maximum absolute atomic E-state index is 11.3. The number of rotatable bonds is 1. The predicted octanol–water partition coefficient (Wildman–Crippen LogP) is 0.965. The number of amides is 2. The van der Waals surface area contributed by atoms with E-state index in [0.29, 0.717) is 0 Å². The lowest BCUT2D eigenvalue weighted by Gasteiger charge is -2.41. The van der Waals surface area contributed by atoms with Crippen LogP contribution in [-0.2, 0) is 0 Å². The zero-order chi connectivity index (χ0) is 13.5. The van der Waals surface area contributed by atoms with Gasteiger partial charge in [0.15, 0.2) is 6.23 Å². The van der Waals surface area contributed by atoms with E-state index in [1.807, 2.05) is 0 Å². The summed E-state index contributed by atoms with van der Waals surface area (Å²) < 4.78 is 0. The van der Waals surface area contributed by atoms with Gasteiger partial charge in [0.2, 0.25) is 0 Å². The molecule has 19 heavy (non-hydrogen) atoms. The fourth-order valence-electron chi connectivity index (χ4n) is 2.91. The summed E-state index contributed by atoms with van der Waals surface area (Å²) in [4.78, 5) is 13.6. The molecular weight excluding hydrogens is 242 g/mol. The highest BCUT2D eigenvalue weighted by Crippen LogP contribution is 2.30. The summed E-state index contributed by atoms with van der Waals surface area (Å²) in [7, 11) is 0. The number of piperidine rings is 1. The topological polar surface area (TPSA) is 64.6 Å². The number of aliphatic hydroxyl groups excluding tert-OH is 1. The fraction of sp³-hybridized carbons (Fsp3) is 0.500. The van der Waals surface area contributed by atoms with E-state index < -0.39 is 11.8 Å². The molecule has 2 heterocycles. The third-order valence-electron chi connectivity index (χ3n) is 4.21. The zero-order valence-corrected chi connectivity index (χ0v) is 11.0. The normalized spacial score (nSPS) is 25.3. The summed E-state index contributed by atoms with van der Waals surface area (Å²) >= 11 is 0. The maximum Gasteiger partial charge on any atom is 0.317 e. The third-order valence-corrected chi connectivity index (χ3v) is 4.21. The first kappa shape index (κ1) is 12.3. The van der Waals surface area contributed by atoms with Gasteiger partial charge in [-0.15, -0.1) is 0 Å². The molecule has 5 nitrogen and oxygen atoms in total. The van der Waals surface area contributed by atoms with E-state index in [9.17, 15) is 9.90 Å². The van der Waals surface area contributed by atoms with Gasteiger partial charge in [-0.3, -0.25) is 0 Å². The molecule has 2 amide bonds. The number of carbonyl (C=O) groups excluding carboxylic acids is 1. The van der Waals surface area contributed by atoms with E-state index in [4.69, 9.17) is 0 Å². The largest absolute Gasteiger partial charge is 0.371 e. The number of aliphatic hydroxyl groups is 1. The molecule has 3 N–H and O–H groups in total. The Balaban J connectivity index is 1.69. The third kappa shape index (κ3) is 2.14. The van der Waals surface area contributed by atoms with Crippen LogP contribution in [0.4, 0.5) is 10.5 Å². The molecule has 0 aromatic heterocycles. The maximum atomic E-state index is 11.3. The number of nitrogens with zero attached hydrogens (tertiary/aromatic N) is 1. The molecule has 1 spiro atoms. The SMILES string of the molecule is Cc1ccc(N2CCC3(CC2)NC(=O)NC3O)cc1. The molecule has 0 aliphatic carbocycles. The summed E-state index contributed by atoms with van der Waals surface area (Å²) in [5, 5.41) is 15.4. The molecule has 1 aromatic carbocycles. The van der Waals surface area contributed by atoms with Gasteiger partial charge in [0.05, 0.1) is 5.54 Å². The lowest BCUT2D eigenvalue weighted by molar-refractivity contribution is 0.0652. The van der Waals surface area contributed by atoms with Crippen molar-refractivity contribution in [3.05, 3.63) is 29.8 Å². The quantitative estimate of drug-likeness (QED) is 0.705. The number of hydrogen-bond acceptors (Lipinski definition) is 3. The van der Waals surface area contributed by atoms with Crippen LogP contribution in [-0.4, -0.2) is 36.0 Å². The molecule has 2 saturated heterocycles. The molecule has 1 unspecified atom stereocenters. The molecule has 0 saturated carbocycles. The molecule has 0 bridgehead atoms. The Morgan fingerprint density at radius 1 is 1.26 bits per heavy atom. The van der Waals surface area contributed by atoms with Crippen LogP contribution in [0.25, 0.3) is 0 Å². The van der Waals surface area contributed by atoms with Crippen LogP contribution in [0.3, 0.4) is 0 Å². The van der Waals surface area contributed by atoms with Crippen molar-refractivity contribution in [1.82, 2.24) is 10.6 Å². The van der Waals surface area contributed by atoms with E-state index in [0.717, 1.165) is 25.9 Å². The van der Waals surface area contributed by atoms with Gasteiger partial charge >= 0.3 is 6.03 Å². The molecule has 3 rings (SSSR count). The van der Waals surface area contributed by atoms with E-state index >= 15 is 0 Å². The molecule has 2 aliphatic heterocycles. The monoisotopic (exact) mass is 261 g/mol. The van der Waals surface area contributed by atoms with Gasteiger partial charge in [-0.05, 0) is 31.9 Å². The summed E-state index contributed by atoms with van der Waals surface area (Å²) in [6.45, 7) is 3.75. The van der Waals surface area contributed by atoms with Crippen LogP contribution < -0.4 is 15.5 Å². The minimum atomic E-state index is -0.778. The lowest BCUT2D eigenvalue weighted by atomic mass is 9.86. The first-order valence-electron chi connectivity index (χ1n) is 6.67. The van der Waals surface area contributed by atoms with Crippen LogP contribution in [0.2, 0.25) is 0 Å². The summed E-state index contributed by atoms with van der Waals surface area (Å²) in [5.41, 5.74) is 1.96. The van der Waals surface area contributed by atoms with Gasteiger partial charge in [-0.2, -0.15) is 0 Å². The van der Waals surface area contributed by atoms with E-state index in [1.54, 1.807) is 0 Å². The van der Waals surface area contributed by atoms with Crippen LogP contribution in [0.15, 0.2) is 24.3 Å². The molecule has 5 heteroatoms. The Labute approximate surface area is 112 Å². The van der Waals surface area contributed by atoms with Crippen LogP contribution in [0.1, 0.15) is 18.4 Å². The highest BCUT2D eigenvalue weighted by atomic mass is 16.3. The highest BCUT2D eigenvalue weighted by molar-refractivity contribution is 5.78. The predicted molar refractivity (Wildman–Crippen MR) is 73.0 cm³/mol. The molecule has 2 fully saturated rings. The smallest absolute Gasteiger partial charge is 0.317 e. The van der Waals surface area contributed by atoms with Gasteiger partial charge in [0.25, 0.3) is 0 Å². The molecule has 1 aromatic rings. The summed E-state index contributed by atoms with van der Waals surface area (Å²) in [5.74, 6) is 0. The minimum Gasteiger partial charge on any atom is -0.371 e. The van der Waals surface area contributed by atoms with Crippen molar-refractivity contribution in [2.45, 2.75) is 31.5 Å². The number of aryl methyl sites for hydroxylation is 1. The van der Waals surface area contributed by atoms with Crippen molar-refractivity contribution >= 4 is 11.7 Å². The Morgan fingerprint density at radius 3 is 2.42 bits per heavy atom. The van der Waals surface area contributed by atoms with Gasteiger partial charge in [-0.25, -0.2) is 4.79 Å². The first-order chi connectivity index (χ1) is 9.09. The number of hydrogen-bond donors (Lipinski definition) is 3. The van der Waals surface area contributed by atoms with Crippen molar-refractivity contribution in [2.24, 2.45) is 0 Å². The zero-order valence-electron chi connectivity index (χ0n) is 11.0. The lowest BCUT2D eigenvalue weighted by Crippen LogP contribution is -2.56. The highest BCUT2D eigenvalue weighted by Gasteiger charge is 2.47.